The first-order valence-electron chi connectivity index (χ1n) is 6.59. The van der Waals surface area contributed by atoms with Gasteiger partial charge in [0.1, 0.15) is 0 Å². The number of hydrogen-bond acceptors (Lipinski definition) is 0. The normalized spacial score (nSPS) is 13.1. The highest BCUT2D eigenvalue weighted by molar-refractivity contribution is 7.66. The molecule has 0 radical (unpaired) electrons. The van der Waals surface area contributed by atoms with E-state index in [1.165, 1.54) is 5.56 Å². The van der Waals surface area contributed by atoms with Gasteiger partial charge in [-0.15, -0.1) is 0 Å². The van der Waals surface area contributed by atoms with Gasteiger partial charge in [-0.25, -0.2) is 0 Å². The molecule has 0 bridgehead atoms. The van der Waals surface area contributed by atoms with Crippen molar-refractivity contribution in [3.05, 3.63) is 17.8 Å². The largest absolute Gasteiger partial charge is 0.350 e. The molecule has 2 heteroatoms. The predicted octanol–water partition coefficient (Wildman–Crippen LogP) is 4.25. The van der Waals surface area contributed by atoms with Crippen LogP contribution in [0, 0.1) is 0 Å². The van der Waals surface area contributed by atoms with Crippen LogP contribution >= 0.6 is 7.92 Å². The maximum atomic E-state index is 2.44. The Balaban J connectivity index is 3.17. The first-order chi connectivity index (χ1) is 7.64. The van der Waals surface area contributed by atoms with Crippen LogP contribution < -0.4 is 5.44 Å². The Kier molecular flexibility index (Phi) is 4.47. The minimum atomic E-state index is -0.0580. The Morgan fingerprint density at radius 1 is 1.06 bits per heavy atom. The highest BCUT2D eigenvalue weighted by Gasteiger charge is 2.24. The number of aromatic nitrogens is 1. The standard InChI is InChI=1S/C15H28NP/c1-11(2)17(12(3)4)14-9-13(10-16(14)8)15(5,6)7/h9-12H,1-8H3. The van der Waals surface area contributed by atoms with Crippen LogP contribution in [0.4, 0.5) is 0 Å². The summed E-state index contributed by atoms with van der Waals surface area (Å²) < 4.78 is 2.35. The molecule has 1 nitrogen and oxygen atoms in total. The molecule has 0 saturated heterocycles. The van der Waals surface area contributed by atoms with Gasteiger partial charge in [-0.3, -0.25) is 0 Å². The van der Waals surface area contributed by atoms with Crippen molar-refractivity contribution in [1.82, 2.24) is 4.57 Å². The Morgan fingerprint density at radius 3 is 1.82 bits per heavy atom. The van der Waals surface area contributed by atoms with Crippen LogP contribution in [0.25, 0.3) is 0 Å². The zero-order valence-corrected chi connectivity index (χ0v) is 13.6. The minimum Gasteiger partial charge on any atom is -0.350 e. The highest BCUT2D eigenvalue weighted by atomic mass is 31.1. The molecule has 17 heavy (non-hydrogen) atoms. The first-order valence-corrected chi connectivity index (χ1v) is 8.07. The fraction of sp³-hybridized carbons (Fsp3) is 0.733. The quantitative estimate of drug-likeness (QED) is 0.710. The summed E-state index contributed by atoms with van der Waals surface area (Å²) in [7, 11) is 2.14. The van der Waals surface area contributed by atoms with Crippen LogP contribution in [0.1, 0.15) is 54.0 Å². The van der Waals surface area contributed by atoms with Gasteiger partial charge in [0.05, 0.1) is 0 Å². The van der Waals surface area contributed by atoms with Crippen molar-refractivity contribution in [2.45, 2.75) is 65.2 Å². The smallest absolute Gasteiger partial charge is 0.0415 e. The lowest BCUT2D eigenvalue weighted by Gasteiger charge is -2.26. The van der Waals surface area contributed by atoms with Crippen LogP contribution in [0.2, 0.25) is 0 Å². The second kappa shape index (κ2) is 5.14. The molecule has 0 saturated carbocycles. The van der Waals surface area contributed by atoms with E-state index >= 15 is 0 Å². The van der Waals surface area contributed by atoms with Crippen molar-refractivity contribution >= 4 is 13.4 Å². The number of rotatable bonds is 3. The molecule has 0 aliphatic rings. The fourth-order valence-corrected chi connectivity index (χ4v) is 5.31. The van der Waals surface area contributed by atoms with Crippen LogP contribution in [0.5, 0.6) is 0 Å². The first kappa shape index (κ1) is 14.8. The lowest BCUT2D eigenvalue weighted by Crippen LogP contribution is -2.20. The molecule has 1 aromatic rings. The van der Waals surface area contributed by atoms with Gasteiger partial charge in [-0.05, 0) is 28.4 Å². The molecule has 0 amide bonds. The third-order valence-corrected chi connectivity index (χ3v) is 6.42. The molecule has 1 aromatic heterocycles. The molecular formula is C15H28NP. The average molecular weight is 253 g/mol. The molecule has 0 N–H and O–H groups in total. The summed E-state index contributed by atoms with van der Waals surface area (Å²) in [5.41, 5.74) is 4.78. The van der Waals surface area contributed by atoms with E-state index in [4.69, 9.17) is 0 Å². The van der Waals surface area contributed by atoms with E-state index < -0.39 is 0 Å². The topological polar surface area (TPSA) is 4.93 Å². The molecule has 0 aromatic carbocycles. The zero-order chi connectivity index (χ0) is 13.4. The molecule has 0 fully saturated rings. The Hall–Kier alpha value is -0.290. The van der Waals surface area contributed by atoms with Gasteiger partial charge in [-0.2, -0.15) is 0 Å². The monoisotopic (exact) mass is 253 g/mol. The Morgan fingerprint density at radius 2 is 1.53 bits per heavy atom. The number of nitrogens with zero attached hydrogens (tertiary/aromatic N) is 1. The van der Waals surface area contributed by atoms with Gasteiger partial charge in [0, 0.05) is 18.7 Å². The third-order valence-electron chi connectivity index (χ3n) is 3.22. The SMILES string of the molecule is CC(C)P(c1cc(C(C)(C)C)cn1C)C(C)C. The maximum absolute atomic E-state index is 2.44. The van der Waals surface area contributed by atoms with Gasteiger partial charge in [0.15, 0.2) is 0 Å². The predicted molar refractivity (Wildman–Crippen MR) is 80.9 cm³/mol. The minimum absolute atomic E-state index is 0.0580. The Labute approximate surface area is 108 Å². The van der Waals surface area contributed by atoms with E-state index in [0.717, 1.165) is 11.3 Å². The second-order valence-corrected chi connectivity index (χ2v) is 9.88. The molecule has 0 unspecified atom stereocenters. The van der Waals surface area contributed by atoms with Crippen LogP contribution in [-0.4, -0.2) is 15.9 Å². The van der Waals surface area contributed by atoms with Crippen LogP contribution in [-0.2, 0) is 12.5 Å². The van der Waals surface area contributed by atoms with Crippen molar-refractivity contribution in [1.29, 1.82) is 0 Å². The van der Waals surface area contributed by atoms with Gasteiger partial charge in [0.2, 0.25) is 0 Å². The lowest BCUT2D eigenvalue weighted by molar-refractivity contribution is 0.589. The molecular weight excluding hydrogens is 225 g/mol. The second-order valence-electron chi connectivity index (χ2n) is 6.54. The molecule has 0 aliphatic carbocycles. The summed E-state index contributed by atoms with van der Waals surface area (Å²) in [5.74, 6) is 0. The highest BCUT2D eigenvalue weighted by Crippen LogP contribution is 2.45. The summed E-state index contributed by atoms with van der Waals surface area (Å²) in [6, 6.07) is 2.44. The number of hydrogen-bond donors (Lipinski definition) is 0. The maximum Gasteiger partial charge on any atom is 0.0415 e. The van der Waals surface area contributed by atoms with Crippen molar-refractivity contribution in [3.8, 4) is 0 Å². The van der Waals surface area contributed by atoms with Crippen molar-refractivity contribution < 1.29 is 0 Å². The summed E-state index contributed by atoms with van der Waals surface area (Å²) in [6.07, 6.45) is 2.31. The summed E-state index contributed by atoms with van der Waals surface area (Å²) in [4.78, 5) is 0. The van der Waals surface area contributed by atoms with E-state index in [9.17, 15) is 0 Å². The van der Waals surface area contributed by atoms with Crippen molar-refractivity contribution in [3.63, 3.8) is 0 Å². The lowest BCUT2D eigenvalue weighted by atomic mass is 9.89. The van der Waals surface area contributed by atoms with Crippen molar-refractivity contribution in [2.75, 3.05) is 0 Å². The van der Waals surface area contributed by atoms with Crippen molar-refractivity contribution in [2.24, 2.45) is 7.05 Å². The van der Waals surface area contributed by atoms with E-state index in [1.54, 1.807) is 5.44 Å². The van der Waals surface area contributed by atoms with E-state index in [1.807, 2.05) is 0 Å². The van der Waals surface area contributed by atoms with Crippen LogP contribution in [0.3, 0.4) is 0 Å². The summed E-state index contributed by atoms with van der Waals surface area (Å²) in [5, 5.41) is 0. The zero-order valence-electron chi connectivity index (χ0n) is 12.7. The molecule has 0 aliphatic heterocycles. The van der Waals surface area contributed by atoms with E-state index in [0.29, 0.717) is 0 Å². The van der Waals surface area contributed by atoms with Crippen LogP contribution in [0.15, 0.2) is 12.3 Å². The van der Waals surface area contributed by atoms with E-state index in [2.05, 4.69) is 72.3 Å². The fourth-order valence-electron chi connectivity index (χ4n) is 2.35. The van der Waals surface area contributed by atoms with E-state index in [-0.39, 0.29) is 13.3 Å². The van der Waals surface area contributed by atoms with Gasteiger partial charge in [-0.1, -0.05) is 56.4 Å². The Bertz CT molecular complexity index is 361. The molecule has 1 heterocycles. The average Bonchev–Trinajstić information content (AvgIpc) is 2.46. The molecule has 0 spiro atoms. The number of aryl methyl sites for hydroxylation is 1. The van der Waals surface area contributed by atoms with Gasteiger partial charge >= 0.3 is 0 Å². The molecule has 0 atom stereocenters. The molecule has 98 valence electrons. The third kappa shape index (κ3) is 3.35. The van der Waals surface area contributed by atoms with Gasteiger partial charge < -0.3 is 4.57 Å². The summed E-state index contributed by atoms with van der Waals surface area (Å²) >= 11 is 0. The van der Waals surface area contributed by atoms with Gasteiger partial charge in [0.25, 0.3) is 0 Å². The molecule has 1 rings (SSSR count). The summed E-state index contributed by atoms with van der Waals surface area (Å²) in [6.45, 7) is 16.3.